The van der Waals surface area contributed by atoms with Crippen molar-refractivity contribution in [1.82, 2.24) is 4.90 Å². The van der Waals surface area contributed by atoms with Crippen LogP contribution in [0.2, 0.25) is 0 Å². The first kappa shape index (κ1) is 15.2. The molecule has 1 fully saturated rings. The van der Waals surface area contributed by atoms with Gasteiger partial charge in [0, 0.05) is 13.1 Å². The Bertz CT molecular complexity index is 632. The van der Waals surface area contributed by atoms with Crippen LogP contribution >= 0.6 is 11.3 Å². The fourth-order valence-electron chi connectivity index (χ4n) is 2.95. The second-order valence-corrected chi connectivity index (χ2v) is 6.73. The van der Waals surface area contributed by atoms with Gasteiger partial charge in [0.15, 0.2) is 0 Å². The molecule has 0 bridgehead atoms. The lowest BCUT2D eigenvalue weighted by molar-refractivity contribution is -0.134. The molecule has 0 spiro atoms. The SMILES string of the molecule is CCCN(Cc1ccsc1)C(=O)C1(c2ccc(F)cc2)CC1. The van der Waals surface area contributed by atoms with Crippen LogP contribution in [0.15, 0.2) is 41.1 Å². The molecule has 1 saturated carbocycles. The minimum absolute atomic E-state index is 0.187. The summed E-state index contributed by atoms with van der Waals surface area (Å²) in [5.74, 6) is -0.0668. The van der Waals surface area contributed by atoms with Crippen molar-refractivity contribution in [3.63, 3.8) is 0 Å². The number of amides is 1. The van der Waals surface area contributed by atoms with Gasteiger partial charge in [0.05, 0.1) is 5.41 Å². The van der Waals surface area contributed by atoms with Crippen molar-refractivity contribution >= 4 is 17.2 Å². The topological polar surface area (TPSA) is 20.3 Å². The van der Waals surface area contributed by atoms with Gasteiger partial charge in [-0.15, -0.1) is 0 Å². The smallest absolute Gasteiger partial charge is 0.233 e. The Kier molecular flexibility index (Phi) is 4.30. The van der Waals surface area contributed by atoms with Crippen LogP contribution in [-0.2, 0) is 16.8 Å². The van der Waals surface area contributed by atoms with E-state index in [1.165, 1.54) is 17.7 Å². The van der Waals surface area contributed by atoms with Crippen molar-refractivity contribution in [2.45, 2.75) is 38.1 Å². The molecule has 4 heteroatoms. The first-order valence-electron chi connectivity index (χ1n) is 7.72. The minimum atomic E-state index is -0.418. The van der Waals surface area contributed by atoms with Gasteiger partial charge in [-0.1, -0.05) is 19.1 Å². The highest BCUT2D eigenvalue weighted by molar-refractivity contribution is 7.07. The first-order valence-corrected chi connectivity index (χ1v) is 8.66. The summed E-state index contributed by atoms with van der Waals surface area (Å²) in [5, 5.41) is 4.13. The predicted octanol–water partition coefficient (Wildman–Crippen LogP) is 4.36. The van der Waals surface area contributed by atoms with E-state index < -0.39 is 5.41 Å². The third kappa shape index (κ3) is 2.93. The molecule has 1 aliphatic carbocycles. The molecule has 116 valence electrons. The van der Waals surface area contributed by atoms with Gasteiger partial charge in [0.1, 0.15) is 5.82 Å². The predicted molar refractivity (Wildman–Crippen MR) is 87.3 cm³/mol. The Morgan fingerprint density at radius 3 is 2.55 bits per heavy atom. The average molecular weight is 317 g/mol. The molecule has 0 unspecified atom stereocenters. The van der Waals surface area contributed by atoms with Crippen LogP contribution in [-0.4, -0.2) is 17.4 Å². The maximum Gasteiger partial charge on any atom is 0.233 e. The molecule has 2 aromatic rings. The highest BCUT2D eigenvalue weighted by Crippen LogP contribution is 2.49. The van der Waals surface area contributed by atoms with Gasteiger partial charge < -0.3 is 4.90 Å². The quantitative estimate of drug-likeness (QED) is 0.775. The van der Waals surface area contributed by atoms with E-state index >= 15 is 0 Å². The average Bonchev–Trinajstić information content (AvgIpc) is 3.17. The third-order valence-corrected chi connectivity index (χ3v) is 5.02. The molecule has 0 N–H and O–H groups in total. The maximum absolute atomic E-state index is 13.1. The Labute approximate surface area is 134 Å². The van der Waals surface area contributed by atoms with E-state index in [9.17, 15) is 9.18 Å². The molecular weight excluding hydrogens is 297 g/mol. The number of halogens is 1. The highest BCUT2D eigenvalue weighted by atomic mass is 32.1. The van der Waals surface area contributed by atoms with E-state index in [4.69, 9.17) is 0 Å². The third-order valence-electron chi connectivity index (χ3n) is 4.29. The van der Waals surface area contributed by atoms with Gasteiger partial charge in [-0.25, -0.2) is 4.39 Å². The molecule has 1 aromatic heterocycles. The molecule has 3 rings (SSSR count). The fourth-order valence-corrected chi connectivity index (χ4v) is 3.61. The second kappa shape index (κ2) is 6.21. The Balaban J connectivity index is 1.81. The van der Waals surface area contributed by atoms with Crippen molar-refractivity contribution in [3.8, 4) is 0 Å². The van der Waals surface area contributed by atoms with Crippen LogP contribution in [0, 0.1) is 5.82 Å². The number of hydrogen-bond donors (Lipinski definition) is 0. The van der Waals surface area contributed by atoms with Crippen LogP contribution in [0.3, 0.4) is 0 Å². The van der Waals surface area contributed by atoms with Crippen LogP contribution < -0.4 is 0 Å². The van der Waals surface area contributed by atoms with Gasteiger partial charge in [0.25, 0.3) is 0 Å². The summed E-state index contributed by atoms with van der Waals surface area (Å²) in [7, 11) is 0. The van der Waals surface area contributed by atoms with Crippen molar-refractivity contribution in [2.75, 3.05) is 6.54 Å². The Morgan fingerprint density at radius 2 is 2.00 bits per heavy atom. The van der Waals surface area contributed by atoms with E-state index in [-0.39, 0.29) is 11.7 Å². The molecule has 22 heavy (non-hydrogen) atoms. The molecule has 0 atom stereocenters. The van der Waals surface area contributed by atoms with Crippen molar-refractivity contribution in [2.24, 2.45) is 0 Å². The maximum atomic E-state index is 13.1. The van der Waals surface area contributed by atoms with E-state index in [1.54, 1.807) is 23.5 Å². The van der Waals surface area contributed by atoms with Crippen LogP contribution in [0.1, 0.15) is 37.3 Å². The highest BCUT2D eigenvalue weighted by Gasteiger charge is 2.52. The van der Waals surface area contributed by atoms with E-state index in [0.29, 0.717) is 6.54 Å². The van der Waals surface area contributed by atoms with E-state index in [2.05, 4.69) is 18.4 Å². The van der Waals surface area contributed by atoms with Gasteiger partial charge in [0.2, 0.25) is 5.91 Å². The monoisotopic (exact) mass is 317 g/mol. The largest absolute Gasteiger partial charge is 0.338 e. The summed E-state index contributed by atoms with van der Waals surface area (Å²) in [4.78, 5) is 15.0. The van der Waals surface area contributed by atoms with E-state index in [1.807, 2.05) is 10.3 Å². The summed E-state index contributed by atoms with van der Waals surface area (Å²) < 4.78 is 13.1. The van der Waals surface area contributed by atoms with Gasteiger partial charge in [-0.2, -0.15) is 11.3 Å². The number of carbonyl (C=O) groups excluding carboxylic acids is 1. The summed E-state index contributed by atoms with van der Waals surface area (Å²) in [6, 6.07) is 8.49. The Hall–Kier alpha value is -1.68. The zero-order valence-electron chi connectivity index (χ0n) is 12.7. The lowest BCUT2D eigenvalue weighted by atomic mass is 9.94. The number of nitrogens with zero attached hydrogens (tertiary/aromatic N) is 1. The molecule has 1 heterocycles. The summed E-state index contributed by atoms with van der Waals surface area (Å²) in [6.07, 6.45) is 2.66. The normalized spacial score (nSPS) is 15.5. The zero-order chi connectivity index (χ0) is 15.6. The first-order chi connectivity index (χ1) is 10.7. The van der Waals surface area contributed by atoms with Gasteiger partial charge in [-0.3, -0.25) is 4.79 Å². The number of rotatable bonds is 6. The number of thiophene rings is 1. The van der Waals surface area contributed by atoms with Crippen LogP contribution in [0.25, 0.3) is 0 Å². The molecule has 0 radical (unpaired) electrons. The van der Waals surface area contributed by atoms with E-state index in [0.717, 1.165) is 31.4 Å². The van der Waals surface area contributed by atoms with Crippen molar-refractivity contribution in [1.29, 1.82) is 0 Å². The van der Waals surface area contributed by atoms with Gasteiger partial charge in [-0.05, 0) is 59.3 Å². The van der Waals surface area contributed by atoms with Crippen LogP contribution in [0.5, 0.6) is 0 Å². The van der Waals surface area contributed by atoms with Crippen molar-refractivity contribution < 1.29 is 9.18 Å². The molecule has 0 saturated heterocycles. The summed E-state index contributed by atoms with van der Waals surface area (Å²) in [6.45, 7) is 3.52. The second-order valence-electron chi connectivity index (χ2n) is 5.95. The fraction of sp³-hybridized carbons (Fsp3) is 0.389. The number of hydrogen-bond acceptors (Lipinski definition) is 2. The number of carbonyl (C=O) groups is 1. The van der Waals surface area contributed by atoms with Crippen molar-refractivity contribution in [3.05, 3.63) is 58.0 Å². The molecule has 1 aliphatic rings. The zero-order valence-corrected chi connectivity index (χ0v) is 13.5. The standard InChI is InChI=1S/C18H20FNOS/c1-2-10-20(12-14-7-11-22-13-14)17(21)18(8-9-18)15-3-5-16(19)6-4-15/h3-7,11,13H,2,8-10,12H2,1H3. The Morgan fingerprint density at radius 1 is 1.27 bits per heavy atom. The number of benzene rings is 1. The summed E-state index contributed by atoms with van der Waals surface area (Å²) in [5.41, 5.74) is 1.71. The van der Waals surface area contributed by atoms with Gasteiger partial charge >= 0.3 is 0 Å². The lowest BCUT2D eigenvalue weighted by Gasteiger charge is -2.27. The molecule has 2 nitrogen and oxygen atoms in total. The minimum Gasteiger partial charge on any atom is -0.338 e. The molecule has 1 aromatic carbocycles. The van der Waals surface area contributed by atoms with Crippen LogP contribution in [0.4, 0.5) is 4.39 Å². The molecule has 0 aliphatic heterocycles. The lowest BCUT2D eigenvalue weighted by Crippen LogP contribution is -2.39. The molecule has 1 amide bonds. The molecular formula is C18H20FNOS. The summed E-state index contributed by atoms with van der Waals surface area (Å²) >= 11 is 1.65.